The Bertz CT molecular complexity index is 662. The van der Waals surface area contributed by atoms with E-state index < -0.39 is 0 Å². The number of aliphatic hydroxyl groups excluding tert-OH is 1. The molecule has 0 amide bonds. The second kappa shape index (κ2) is 5.64. The molecule has 8 atom stereocenters. The summed E-state index contributed by atoms with van der Waals surface area (Å²) in [6.07, 6.45) is 11.4. The van der Waals surface area contributed by atoms with Gasteiger partial charge in [-0.15, -0.1) is 0 Å². The highest BCUT2D eigenvalue weighted by atomic mass is 16.3. The highest BCUT2D eigenvalue weighted by Gasteiger charge is 2.61. The largest absolute Gasteiger partial charge is 0.392 e. The van der Waals surface area contributed by atoms with Crippen LogP contribution in [0.2, 0.25) is 0 Å². The summed E-state index contributed by atoms with van der Waals surface area (Å²) in [5, 5.41) is 11.0. The number of hydrogen-bond donors (Lipinski definition) is 1. The molecule has 0 saturated heterocycles. The lowest BCUT2D eigenvalue weighted by atomic mass is 9.46. The van der Waals surface area contributed by atoms with E-state index in [1.807, 2.05) is 0 Å². The van der Waals surface area contributed by atoms with Crippen LogP contribution in [0.5, 0.6) is 0 Å². The fourth-order valence-corrected chi connectivity index (χ4v) is 7.17. The highest BCUT2D eigenvalue weighted by Crippen LogP contribution is 2.66. The monoisotopic (exact) mass is 342 g/mol. The number of carbonyl (C=O) groups is 2. The molecule has 0 aromatic rings. The summed E-state index contributed by atoms with van der Waals surface area (Å²) in [5.74, 6) is 1.76. The Morgan fingerprint density at radius 3 is 2.72 bits per heavy atom. The zero-order valence-electron chi connectivity index (χ0n) is 15.6. The van der Waals surface area contributed by atoms with Crippen LogP contribution in [0.25, 0.3) is 0 Å². The van der Waals surface area contributed by atoms with Crippen molar-refractivity contribution in [1.82, 2.24) is 0 Å². The Labute approximate surface area is 150 Å². The predicted octanol–water partition coefficient (Wildman–Crippen LogP) is 3.72. The summed E-state index contributed by atoms with van der Waals surface area (Å²) >= 11 is 0. The standard InChI is InChI=1S/C22H30O3/c1-13(12-23)16-4-5-17-20-18(7-9-22(16,17)3)21(2)8-6-15(24)10-14(21)11-19(20)25/h6,8,10,12-13,16-20,25H,4-5,7,9,11H2,1-3H3/t13?,16-,17+,18+,19-,20+,21+,22-/m1/s1. The van der Waals surface area contributed by atoms with E-state index in [1.54, 1.807) is 12.2 Å². The van der Waals surface area contributed by atoms with E-state index in [1.165, 1.54) is 0 Å². The van der Waals surface area contributed by atoms with Crippen LogP contribution < -0.4 is 0 Å². The minimum absolute atomic E-state index is 0.0551. The minimum atomic E-state index is -0.362. The lowest BCUT2D eigenvalue weighted by Crippen LogP contribution is -2.55. The van der Waals surface area contributed by atoms with Gasteiger partial charge in [0, 0.05) is 11.3 Å². The molecule has 0 bridgehead atoms. The van der Waals surface area contributed by atoms with Crippen molar-refractivity contribution in [3.63, 3.8) is 0 Å². The van der Waals surface area contributed by atoms with Crippen molar-refractivity contribution >= 4 is 12.1 Å². The maximum atomic E-state index is 11.8. The number of carbonyl (C=O) groups excluding carboxylic acids is 2. The van der Waals surface area contributed by atoms with Crippen LogP contribution in [0, 0.1) is 40.4 Å². The number of ketones is 1. The lowest BCUT2D eigenvalue weighted by Gasteiger charge is -2.58. The van der Waals surface area contributed by atoms with Gasteiger partial charge in [-0.3, -0.25) is 4.79 Å². The van der Waals surface area contributed by atoms with E-state index in [2.05, 4.69) is 26.8 Å². The lowest BCUT2D eigenvalue weighted by molar-refractivity contribution is -0.119. The Balaban J connectivity index is 1.71. The summed E-state index contributed by atoms with van der Waals surface area (Å²) in [5.41, 5.74) is 1.19. The Kier molecular flexibility index (Phi) is 3.88. The molecule has 0 aromatic heterocycles. The normalized spacial score (nSPS) is 49.7. The van der Waals surface area contributed by atoms with Gasteiger partial charge in [-0.25, -0.2) is 0 Å². The van der Waals surface area contributed by atoms with Crippen LogP contribution in [0.1, 0.15) is 52.9 Å². The van der Waals surface area contributed by atoms with E-state index >= 15 is 0 Å². The molecule has 0 aliphatic heterocycles. The average molecular weight is 342 g/mol. The Morgan fingerprint density at radius 2 is 2.00 bits per heavy atom. The topological polar surface area (TPSA) is 54.4 Å². The number of fused-ring (bicyclic) bond motifs is 5. The number of aldehydes is 1. The van der Waals surface area contributed by atoms with Gasteiger partial charge in [-0.1, -0.05) is 32.4 Å². The van der Waals surface area contributed by atoms with Gasteiger partial charge in [0.15, 0.2) is 5.78 Å². The van der Waals surface area contributed by atoms with Gasteiger partial charge in [0.25, 0.3) is 0 Å². The summed E-state index contributed by atoms with van der Waals surface area (Å²) in [7, 11) is 0. The predicted molar refractivity (Wildman–Crippen MR) is 96.7 cm³/mol. The third-order valence-corrected chi connectivity index (χ3v) is 8.50. The third-order valence-electron chi connectivity index (χ3n) is 8.50. The Morgan fingerprint density at radius 1 is 1.24 bits per heavy atom. The van der Waals surface area contributed by atoms with Crippen molar-refractivity contribution in [1.29, 1.82) is 0 Å². The van der Waals surface area contributed by atoms with Gasteiger partial charge in [0.05, 0.1) is 6.10 Å². The molecule has 0 heterocycles. The van der Waals surface area contributed by atoms with Crippen molar-refractivity contribution in [3.05, 3.63) is 23.8 Å². The number of hydrogen-bond acceptors (Lipinski definition) is 3. The van der Waals surface area contributed by atoms with Crippen molar-refractivity contribution < 1.29 is 14.7 Å². The first-order chi connectivity index (χ1) is 11.8. The zero-order valence-corrected chi connectivity index (χ0v) is 15.6. The molecule has 3 nitrogen and oxygen atoms in total. The molecule has 3 fully saturated rings. The van der Waals surface area contributed by atoms with Gasteiger partial charge in [-0.05, 0) is 73.3 Å². The van der Waals surface area contributed by atoms with Crippen molar-refractivity contribution in [2.24, 2.45) is 40.4 Å². The van der Waals surface area contributed by atoms with Crippen LogP contribution in [-0.2, 0) is 9.59 Å². The van der Waals surface area contributed by atoms with Crippen LogP contribution in [0.4, 0.5) is 0 Å². The third kappa shape index (κ3) is 2.27. The highest BCUT2D eigenvalue weighted by molar-refractivity contribution is 6.01. The molecule has 1 unspecified atom stereocenters. The first kappa shape index (κ1) is 17.2. The van der Waals surface area contributed by atoms with E-state index in [0.29, 0.717) is 24.2 Å². The molecule has 3 saturated carbocycles. The minimum Gasteiger partial charge on any atom is -0.392 e. The number of allylic oxidation sites excluding steroid dienone is 3. The number of rotatable bonds is 2. The van der Waals surface area contributed by atoms with E-state index in [9.17, 15) is 14.7 Å². The molecule has 1 N–H and O–H groups in total. The van der Waals surface area contributed by atoms with Crippen LogP contribution in [0.3, 0.4) is 0 Å². The molecule has 4 rings (SSSR count). The van der Waals surface area contributed by atoms with Crippen molar-refractivity contribution in [3.8, 4) is 0 Å². The molecule has 0 aromatic carbocycles. The first-order valence-electron chi connectivity index (χ1n) is 9.89. The smallest absolute Gasteiger partial charge is 0.178 e. The van der Waals surface area contributed by atoms with Crippen molar-refractivity contribution in [2.45, 2.75) is 59.0 Å². The molecular weight excluding hydrogens is 312 g/mol. The fourth-order valence-electron chi connectivity index (χ4n) is 7.17. The second-order valence-electron chi connectivity index (χ2n) is 9.47. The molecule has 0 radical (unpaired) electrons. The van der Waals surface area contributed by atoms with Gasteiger partial charge >= 0.3 is 0 Å². The first-order valence-corrected chi connectivity index (χ1v) is 9.89. The SMILES string of the molecule is CC(C=O)[C@H]1CC[C@H]2[C@@H]3[C@H](O)CC4=CC(=O)C=C[C@]4(C)[C@H]3CC[C@]12C. The number of aliphatic hydroxyl groups is 1. The zero-order chi connectivity index (χ0) is 18.0. The Hall–Kier alpha value is -1.22. The van der Waals surface area contributed by atoms with Gasteiger partial charge in [0.1, 0.15) is 6.29 Å². The molecule has 4 aliphatic carbocycles. The van der Waals surface area contributed by atoms with E-state index in [-0.39, 0.29) is 34.6 Å². The van der Waals surface area contributed by atoms with Gasteiger partial charge < -0.3 is 9.90 Å². The van der Waals surface area contributed by atoms with E-state index in [4.69, 9.17) is 0 Å². The maximum absolute atomic E-state index is 11.8. The summed E-state index contributed by atoms with van der Waals surface area (Å²) in [6, 6.07) is 0. The van der Waals surface area contributed by atoms with E-state index in [0.717, 1.165) is 37.5 Å². The fraction of sp³-hybridized carbons (Fsp3) is 0.727. The van der Waals surface area contributed by atoms with Crippen LogP contribution >= 0.6 is 0 Å². The van der Waals surface area contributed by atoms with Crippen LogP contribution in [-0.4, -0.2) is 23.3 Å². The van der Waals surface area contributed by atoms with Gasteiger partial charge in [-0.2, -0.15) is 0 Å². The second-order valence-corrected chi connectivity index (χ2v) is 9.47. The summed E-state index contributed by atoms with van der Waals surface area (Å²) in [6.45, 7) is 6.69. The summed E-state index contributed by atoms with van der Waals surface area (Å²) < 4.78 is 0. The molecular formula is C22H30O3. The maximum Gasteiger partial charge on any atom is 0.178 e. The van der Waals surface area contributed by atoms with Crippen molar-refractivity contribution in [2.75, 3.05) is 0 Å². The molecule has 136 valence electrons. The van der Waals surface area contributed by atoms with Gasteiger partial charge in [0.2, 0.25) is 0 Å². The summed E-state index contributed by atoms with van der Waals surface area (Å²) in [4.78, 5) is 23.3. The quantitative estimate of drug-likeness (QED) is 0.778. The molecule has 4 aliphatic rings. The molecule has 0 spiro atoms. The van der Waals surface area contributed by atoms with Crippen LogP contribution in [0.15, 0.2) is 23.8 Å². The molecule has 25 heavy (non-hydrogen) atoms. The average Bonchev–Trinajstić information content (AvgIpc) is 2.93. The molecule has 3 heteroatoms.